The van der Waals surface area contributed by atoms with E-state index in [-0.39, 0.29) is 23.7 Å². The van der Waals surface area contributed by atoms with Gasteiger partial charge in [0.2, 0.25) is 5.88 Å². The first-order chi connectivity index (χ1) is 13.5. The van der Waals surface area contributed by atoms with Crippen molar-refractivity contribution in [2.75, 3.05) is 0 Å². The number of nitriles is 1. The Morgan fingerprint density at radius 2 is 1.89 bits per heavy atom. The Hall–Kier alpha value is -3.24. The van der Waals surface area contributed by atoms with Crippen molar-refractivity contribution in [1.82, 2.24) is 4.57 Å². The molecule has 3 rings (SSSR count). The van der Waals surface area contributed by atoms with Crippen LogP contribution in [0.4, 0.5) is 11.4 Å². The van der Waals surface area contributed by atoms with Gasteiger partial charge in [0.05, 0.1) is 5.69 Å². The second kappa shape index (κ2) is 8.63. The number of aryl methyl sites for hydroxylation is 1. The number of azo groups is 1. The first-order valence-electron chi connectivity index (χ1n) is 8.59. The van der Waals surface area contributed by atoms with E-state index in [4.69, 9.17) is 0 Å². The lowest BCUT2D eigenvalue weighted by atomic mass is 10.1. The van der Waals surface area contributed by atoms with Crippen molar-refractivity contribution < 1.29 is 5.11 Å². The molecule has 0 bridgehead atoms. The Morgan fingerprint density at radius 1 is 1.14 bits per heavy atom. The van der Waals surface area contributed by atoms with Gasteiger partial charge in [0.25, 0.3) is 5.56 Å². The van der Waals surface area contributed by atoms with Gasteiger partial charge in [-0.25, -0.2) is 0 Å². The van der Waals surface area contributed by atoms with E-state index in [2.05, 4.69) is 26.2 Å². The molecule has 0 unspecified atom stereocenters. The average Bonchev–Trinajstić information content (AvgIpc) is 2.69. The first kappa shape index (κ1) is 19.5. The predicted octanol–water partition coefficient (Wildman–Crippen LogP) is 5.15. The minimum Gasteiger partial charge on any atom is -0.493 e. The van der Waals surface area contributed by atoms with Gasteiger partial charge < -0.3 is 5.11 Å². The zero-order valence-electron chi connectivity index (χ0n) is 15.1. The second-order valence-electron chi connectivity index (χ2n) is 6.16. The molecule has 140 valence electrons. The average molecular weight is 437 g/mol. The van der Waals surface area contributed by atoms with Crippen LogP contribution in [0.3, 0.4) is 0 Å². The highest BCUT2D eigenvalue weighted by Crippen LogP contribution is 2.27. The molecule has 0 aliphatic rings. The number of rotatable bonds is 5. The van der Waals surface area contributed by atoms with Crippen LogP contribution in [-0.4, -0.2) is 9.67 Å². The quantitative estimate of drug-likeness (QED) is 0.560. The molecule has 1 aromatic heterocycles. The molecule has 0 spiro atoms. The molecule has 0 atom stereocenters. The summed E-state index contributed by atoms with van der Waals surface area (Å²) in [6.45, 7) is 1.81. The summed E-state index contributed by atoms with van der Waals surface area (Å²) < 4.78 is 2.01. The van der Waals surface area contributed by atoms with Crippen LogP contribution in [0.5, 0.6) is 5.88 Å². The van der Waals surface area contributed by atoms with Crippen LogP contribution in [0, 0.1) is 18.3 Å². The van der Waals surface area contributed by atoms with Crippen molar-refractivity contribution in [1.29, 1.82) is 5.26 Å². The van der Waals surface area contributed by atoms with E-state index >= 15 is 0 Å². The summed E-state index contributed by atoms with van der Waals surface area (Å²) in [5.74, 6) is -0.345. The number of aromatic nitrogens is 1. The maximum absolute atomic E-state index is 12.9. The van der Waals surface area contributed by atoms with Gasteiger partial charge in [-0.15, -0.1) is 5.11 Å². The SMILES string of the molecule is Cc1c(C#N)c(O)n(CCc2ccccc2)c(=O)c1N=Nc1cccc(Br)c1. The van der Waals surface area contributed by atoms with Crippen LogP contribution in [0.1, 0.15) is 16.7 Å². The fourth-order valence-corrected chi connectivity index (χ4v) is 3.18. The third kappa shape index (κ3) is 4.18. The van der Waals surface area contributed by atoms with Crippen LogP contribution in [0.15, 0.2) is 74.1 Å². The lowest BCUT2D eigenvalue weighted by Crippen LogP contribution is -2.22. The minimum atomic E-state index is -0.483. The number of hydrogen-bond acceptors (Lipinski definition) is 5. The molecule has 3 aromatic rings. The fraction of sp³-hybridized carbons (Fsp3) is 0.143. The van der Waals surface area contributed by atoms with Gasteiger partial charge in [-0.2, -0.15) is 10.4 Å². The Balaban J connectivity index is 2.02. The Bertz CT molecular complexity index is 1130. The monoisotopic (exact) mass is 436 g/mol. The lowest BCUT2D eigenvalue weighted by molar-refractivity contribution is 0.404. The molecule has 7 heteroatoms. The number of hydrogen-bond donors (Lipinski definition) is 1. The molecule has 6 nitrogen and oxygen atoms in total. The van der Waals surface area contributed by atoms with E-state index in [1.54, 1.807) is 25.1 Å². The molecular weight excluding hydrogens is 420 g/mol. The molecule has 0 fully saturated rings. The molecule has 0 saturated heterocycles. The molecule has 0 saturated carbocycles. The fourth-order valence-electron chi connectivity index (χ4n) is 2.80. The van der Waals surface area contributed by atoms with Crippen molar-refractivity contribution in [3.05, 3.63) is 86.1 Å². The maximum atomic E-state index is 12.9. The maximum Gasteiger partial charge on any atom is 0.281 e. The number of pyridine rings is 1. The van der Waals surface area contributed by atoms with Gasteiger partial charge in [0.1, 0.15) is 11.6 Å². The number of nitrogens with zero attached hydrogens (tertiary/aromatic N) is 4. The first-order valence-corrected chi connectivity index (χ1v) is 9.38. The largest absolute Gasteiger partial charge is 0.493 e. The summed E-state index contributed by atoms with van der Waals surface area (Å²) in [7, 11) is 0. The second-order valence-corrected chi connectivity index (χ2v) is 7.07. The van der Waals surface area contributed by atoms with Gasteiger partial charge in [-0.05, 0) is 37.1 Å². The molecule has 2 aromatic carbocycles. The van der Waals surface area contributed by atoms with Crippen LogP contribution in [0.2, 0.25) is 0 Å². The Kier molecular flexibility index (Phi) is 6.02. The zero-order chi connectivity index (χ0) is 20.1. The van der Waals surface area contributed by atoms with Crippen molar-refractivity contribution in [2.45, 2.75) is 19.9 Å². The predicted molar refractivity (Wildman–Crippen MR) is 110 cm³/mol. The summed E-state index contributed by atoms with van der Waals surface area (Å²) in [6.07, 6.45) is 0.532. The molecule has 0 aliphatic heterocycles. The standard InChI is InChI=1S/C21H17BrN4O2/c1-14-18(13-23)20(27)26(11-10-15-6-3-2-4-7-15)21(28)19(14)25-24-17-9-5-8-16(22)12-17/h2-9,12,27H,10-11H2,1H3. The van der Waals surface area contributed by atoms with Crippen molar-refractivity contribution in [2.24, 2.45) is 10.2 Å². The summed E-state index contributed by atoms with van der Waals surface area (Å²) in [4.78, 5) is 12.9. The van der Waals surface area contributed by atoms with Gasteiger partial charge in [-0.1, -0.05) is 52.3 Å². The highest BCUT2D eigenvalue weighted by molar-refractivity contribution is 9.10. The van der Waals surface area contributed by atoms with Gasteiger partial charge in [0, 0.05) is 16.6 Å². The number of benzene rings is 2. The summed E-state index contributed by atoms with van der Waals surface area (Å²) in [5, 5.41) is 28.1. The van der Waals surface area contributed by atoms with Crippen molar-refractivity contribution in [3.63, 3.8) is 0 Å². The highest BCUT2D eigenvalue weighted by Gasteiger charge is 2.19. The molecule has 0 aliphatic carbocycles. The lowest BCUT2D eigenvalue weighted by Gasteiger charge is -2.13. The smallest absolute Gasteiger partial charge is 0.281 e. The van der Waals surface area contributed by atoms with E-state index in [1.807, 2.05) is 42.5 Å². The van der Waals surface area contributed by atoms with E-state index in [1.165, 1.54) is 4.57 Å². The molecule has 1 heterocycles. The summed E-state index contributed by atoms with van der Waals surface area (Å²) in [5.41, 5.74) is 1.47. The van der Waals surface area contributed by atoms with Crippen molar-refractivity contribution >= 4 is 27.3 Å². The molecular formula is C21H17BrN4O2. The zero-order valence-corrected chi connectivity index (χ0v) is 16.7. The van der Waals surface area contributed by atoms with Crippen LogP contribution >= 0.6 is 15.9 Å². The minimum absolute atomic E-state index is 0.0239. The normalized spacial score (nSPS) is 10.9. The van der Waals surface area contributed by atoms with Crippen molar-refractivity contribution in [3.8, 4) is 11.9 Å². The summed E-state index contributed by atoms with van der Waals surface area (Å²) in [6, 6.07) is 18.7. The van der Waals surface area contributed by atoms with Crippen LogP contribution in [-0.2, 0) is 13.0 Å². The Morgan fingerprint density at radius 3 is 2.57 bits per heavy atom. The molecule has 1 N–H and O–H groups in total. The van der Waals surface area contributed by atoms with Gasteiger partial charge >= 0.3 is 0 Å². The third-order valence-electron chi connectivity index (χ3n) is 4.31. The van der Waals surface area contributed by atoms with E-state index in [0.717, 1.165) is 10.0 Å². The third-order valence-corrected chi connectivity index (χ3v) is 4.80. The van der Waals surface area contributed by atoms with Crippen LogP contribution < -0.4 is 5.56 Å². The van der Waals surface area contributed by atoms with E-state index < -0.39 is 5.56 Å². The van der Waals surface area contributed by atoms with E-state index in [9.17, 15) is 15.2 Å². The number of aromatic hydroxyl groups is 1. The Labute approximate surface area is 170 Å². The van der Waals surface area contributed by atoms with Gasteiger partial charge in [0.15, 0.2) is 5.69 Å². The summed E-state index contributed by atoms with van der Waals surface area (Å²) >= 11 is 3.36. The highest BCUT2D eigenvalue weighted by atomic mass is 79.9. The molecule has 0 radical (unpaired) electrons. The van der Waals surface area contributed by atoms with Gasteiger partial charge in [-0.3, -0.25) is 9.36 Å². The topological polar surface area (TPSA) is 90.7 Å². The van der Waals surface area contributed by atoms with Crippen LogP contribution in [0.25, 0.3) is 0 Å². The van der Waals surface area contributed by atoms with E-state index in [0.29, 0.717) is 17.7 Å². The molecule has 28 heavy (non-hydrogen) atoms. The molecule has 0 amide bonds. The number of halogens is 1.